The summed E-state index contributed by atoms with van der Waals surface area (Å²) in [5.74, 6) is 1.49. The highest BCUT2D eigenvalue weighted by atomic mass is 35.5. The Labute approximate surface area is 128 Å². The Bertz CT molecular complexity index is 669. The molecule has 0 aliphatic carbocycles. The van der Waals surface area contributed by atoms with Gasteiger partial charge in [0.05, 0.1) is 16.4 Å². The number of hydrogen-bond acceptors (Lipinski definition) is 4. The van der Waals surface area contributed by atoms with Crippen molar-refractivity contribution in [2.45, 2.75) is 19.4 Å². The van der Waals surface area contributed by atoms with E-state index in [0.717, 1.165) is 28.5 Å². The predicted molar refractivity (Wildman–Crippen MR) is 81.0 cm³/mol. The summed E-state index contributed by atoms with van der Waals surface area (Å²) in [4.78, 5) is 0. The average molecular weight is 308 g/mol. The van der Waals surface area contributed by atoms with Crippen LogP contribution in [-0.2, 0) is 13.5 Å². The largest absolute Gasteiger partial charge is 0.486 e. The maximum absolute atomic E-state index is 6.36. The summed E-state index contributed by atoms with van der Waals surface area (Å²) in [7, 11) is 1.88. The van der Waals surface area contributed by atoms with Gasteiger partial charge in [0, 0.05) is 25.1 Å². The lowest BCUT2D eigenvalue weighted by Gasteiger charge is -2.23. The van der Waals surface area contributed by atoms with Crippen molar-refractivity contribution in [2.75, 3.05) is 13.2 Å². The van der Waals surface area contributed by atoms with Crippen molar-refractivity contribution in [3.8, 4) is 11.5 Å². The maximum atomic E-state index is 6.36. The van der Waals surface area contributed by atoms with Gasteiger partial charge in [0.25, 0.3) is 0 Å². The van der Waals surface area contributed by atoms with Gasteiger partial charge in [-0.25, -0.2) is 0 Å². The number of hydrogen-bond donors (Lipinski definition) is 1. The number of aromatic nitrogens is 2. The molecule has 0 spiro atoms. The van der Waals surface area contributed by atoms with Crippen molar-refractivity contribution in [1.82, 2.24) is 9.78 Å². The lowest BCUT2D eigenvalue weighted by atomic mass is 10.0. The summed E-state index contributed by atoms with van der Waals surface area (Å²) >= 11 is 6.29. The van der Waals surface area contributed by atoms with Gasteiger partial charge in [0.1, 0.15) is 13.2 Å². The van der Waals surface area contributed by atoms with Crippen LogP contribution in [0.2, 0.25) is 5.02 Å². The van der Waals surface area contributed by atoms with Gasteiger partial charge < -0.3 is 15.2 Å². The third-order valence-electron chi connectivity index (χ3n) is 3.67. The van der Waals surface area contributed by atoms with Crippen LogP contribution in [0.5, 0.6) is 11.5 Å². The summed E-state index contributed by atoms with van der Waals surface area (Å²) in [5.41, 5.74) is 9.04. The van der Waals surface area contributed by atoms with E-state index in [1.54, 1.807) is 4.68 Å². The number of para-hydroxylation sites is 1. The number of rotatable bonds is 3. The zero-order valence-corrected chi connectivity index (χ0v) is 12.9. The molecule has 0 saturated heterocycles. The van der Waals surface area contributed by atoms with Crippen molar-refractivity contribution >= 4 is 11.6 Å². The van der Waals surface area contributed by atoms with E-state index in [-0.39, 0.29) is 6.04 Å². The van der Waals surface area contributed by atoms with Crippen LogP contribution in [0.4, 0.5) is 0 Å². The Hall–Kier alpha value is -1.72. The van der Waals surface area contributed by atoms with Gasteiger partial charge in [0.15, 0.2) is 11.5 Å². The molecule has 0 radical (unpaired) electrons. The van der Waals surface area contributed by atoms with Crippen LogP contribution in [0.1, 0.15) is 23.0 Å². The number of halogens is 1. The molecule has 112 valence electrons. The topological polar surface area (TPSA) is 62.3 Å². The molecule has 1 unspecified atom stereocenters. The molecular weight excluding hydrogens is 290 g/mol. The predicted octanol–water partition coefficient (Wildman–Crippen LogP) is 2.40. The third kappa shape index (κ3) is 2.59. The molecular formula is C15H18ClN3O2. The number of fused-ring (bicyclic) bond motifs is 1. The molecule has 1 aliphatic rings. The Balaban J connectivity index is 1.91. The van der Waals surface area contributed by atoms with Crippen LogP contribution in [0.3, 0.4) is 0 Å². The summed E-state index contributed by atoms with van der Waals surface area (Å²) < 4.78 is 13.1. The number of nitrogens with zero attached hydrogens (tertiary/aromatic N) is 2. The lowest BCUT2D eigenvalue weighted by Crippen LogP contribution is -2.21. The van der Waals surface area contributed by atoms with Crippen molar-refractivity contribution in [3.63, 3.8) is 0 Å². The molecule has 0 fully saturated rings. The van der Waals surface area contributed by atoms with Crippen LogP contribution < -0.4 is 15.2 Å². The average Bonchev–Trinajstić information content (AvgIpc) is 2.73. The van der Waals surface area contributed by atoms with Crippen LogP contribution in [0.15, 0.2) is 18.2 Å². The molecule has 0 amide bonds. The first-order chi connectivity index (χ1) is 10.1. The number of benzene rings is 1. The highest BCUT2D eigenvalue weighted by molar-refractivity contribution is 6.31. The van der Waals surface area contributed by atoms with E-state index in [1.165, 1.54) is 0 Å². The van der Waals surface area contributed by atoms with E-state index in [0.29, 0.717) is 24.7 Å². The second-order valence-electron chi connectivity index (χ2n) is 5.15. The quantitative estimate of drug-likeness (QED) is 0.946. The molecule has 5 nitrogen and oxygen atoms in total. The molecule has 1 atom stereocenters. The highest BCUT2D eigenvalue weighted by Crippen LogP contribution is 2.37. The van der Waals surface area contributed by atoms with Crippen LogP contribution >= 0.6 is 11.6 Å². The Morgan fingerprint density at radius 3 is 2.86 bits per heavy atom. The van der Waals surface area contributed by atoms with Crippen LogP contribution in [0.25, 0.3) is 0 Å². The Kier molecular flexibility index (Phi) is 3.78. The minimum atomic E-state index is -0.228. The van der Waals surface area contributed by atoms with Crippen molar-refractivity contribution in [1.29, 1.82) is 0 Å². The minimum absolute atomic E-state index is 0.228. The van der Waals surface area contributed by atoms with Gasteiger partial charge in [-0.2, -0.15) is 5.10 Å². The Morgan fingerprint density at radius 1 is 1.38 bits per heavy atom. The van der Waals surface area contributed by atoms with E-state index in [9.17, 15) is 0 Å². The number of nitrogens with two attached hydrogens (primary N) is 1. The molecule has 1 aliphatic heterocycles. The zero-order valence-electron chi connectivity index (χ0n) is 12.1. The maximum Gasteiger partial charge on any atom is 0.166 e. The highest BCUT2D eigenvalue weighted by Gasteiger charge is 2.22. The molecule has 0 saturated carbocycles. The molecule has 3 rings (SSSR count). The fourth-order valence-electron chi connectivity index (χ4n) is 2.61. The van der Waals surface area contributed by atoms with Gasteiger partial charge in [-0.1, -0.05) is 23.7 Å². The van der Waals surface area contributed by atoms with Gasteiger partial charge >= 0.3 is 0 Å². The zero-order chi connectivity index (χ0) is 15.0. The van der Waals surface area contributed by atoms with E-state index >= 15 is 0 Å². The van der Waals surface area contributed by atoms with Gasteiger partial charge in [-0.05, 0) is 13.0 Å². The van der Waals surface area contributed by atoms with Crippen LogP contribution in [0, 0.1) is 6.92 Å². The standard InChI is InChI=1S/C15H18ClN3O2/c1-9-14(16)12(19(2)18-9)8-11(17)10-4-3-5-13-15(10)21-7-6-20-13/h3-5,11H,6-8,17H2,1-2H3. The fraction of sp³-hybridized carbons (Fsp3) is 0.400. The molecule has 1 aromatic carbocycles. The monoisotopic (exact) mass is 307 g/mol. The van der Waals surface area contributed by atoms with Crippen LogP contribution in [-0.4, -0.2) is 23.0 Å². The minimum Gasteiger partial charge on any atom is -0.486 e. The molecule has 2 heterocycles. The molecule has 21 heavy (non-hydrogen) atoms. The summed E-state index contributed by atoms with van der Waals surface area (Å²) in [6.45, 7) is 3.00. The van der Waals surface area contributed by atoms with Gasteiger partial charge in [-0.3, -0.25) is 4.68 Å². The lowest BCUT2D eigenvalue weighted by molar-refractivity contribution is 0.169. The molecule has 6 heteroatoms. The first-order valence-electron chi connectivity index (χ1n) is 6.90. The summed E-state index contributed by atoms with van der Waals surface area (Å²) in [6.07, 6.45) is 0.593. The first kappa shape index (κ1) is 14.2. The fourth-order valence-corrected chi connectivity index (χ4v) is 2.85. The second-order valence-corrected chi connectivity index (χ2v) is 5.53. The molecule has 2 N–H and O–H groups in total. The summed E-state index contributed by atoms with van der Waals surface area (Å²) in [5, 5.41) is 4.99. The third-order valence-corrected chi connectivity index (χ3v) is 4.16. The normalized spacial score (nSPS) is 15.0. The van der Waals surface area contributed by atoms with Crippen molar-refractivity contribution in [3.05, 3.63) is 40.2 Å². The van der Waals surface area contributed by atoms with Crippen molar-refractivity contribution in [2.24, 2.45) is 12.8 Å². The summed E-state index contributed by atoms with van der Waals surface area (Å²) in [6, 6.07) is 5.56. The number of ether oxygens (including phenoxy) is 2. The van der Waals surface area contributed by atoms with Gasteiger partial charge in [0.2, 0.25) is 0 Å². The van der Waals surface area contributed by atoms with Gasteiger partial charge in [-0.15, -0.1) is 0 Å². The van der Waals surface area contributed by atoms with E-state index < -0.39 is 0 Å². The second kappa shape index (κ2) is 5.58. The number of aryl methyl sites for hydroxylation is 2. The smallest absolute Gasteiger partial charge is 0.166 e. The Morgan fingerprint density at radius 2 is 2.14 bits per heavy atom. The van der Waals surface area contributed by atoms with E-state index in [4.69, 9.17) is 26.8 Å². The van der Waals surface area contributed by atoms with Crippen molar-refractivity contribution < 1.29 is 9.47 Å². The molecule has 0 bridgehead atoms. The van der Waals surface area contributed by atoms with E-state index in [1.807, 2.05) is 32.2 Å². The molecule has 2 aromatic rings. The first-order valence-corrected chi connectivity index (χ1v) is 7.27. The SMILES string of the molecule is Cc1nn(C)c(CC(N)c2cccc3c2OCCO3)c1Cl. The molecule has 1 aromatic heterocycles. The van der Waals surface area contributed by atoms with E-state index in [2.05, 4.69) is 5.10 Å².